The third-order valence-electron chi connectivity index (χ3n) is 5.80. The van der Waals surface area contributed by atoms with Gasteiger partial charge < -0.3 is 11.1 Å². The largest absolute Gasteiger partial charge is 0.435 e. The molecule has 0 spiro atoms. The number of halogens is 8. The number of benzene rings is 1. The number of carbonyl (C=O) groups excluding carboxylic acids is 2. The van der Waals surface area contributed by atoms with Crippen molar-refractivity contribution in [1.82, 2.24) is 5.32 Å². The second-order valence-corrected chi connectivity index (χ2v) is 13.6. The molecule has 2 amide bonds. The van der Waals surface area contributed by atoms with Gasteiger partial charge in [-0.05, 0) is 31.9 Å². The van der Waals surface area contributed by atoms with Crippen LogP contribution in [0.5, 0.6) is 0 Å². The average Bonchev–Trinajstić information content (AvgIpc) is 2.68. The Labute approximate surface area is 228 Å². The molecule has 0 radical (unpaired) electrons. The molecule has 2 unspecified atom stereocenters. The predicted octanol–water partition coefficient (Wildman–Crippen LogP) is 4.45. The van der Waals surface area contributed by atoms with Crippen LogP contribution in [-0.2, 0) is 28.5 Å². The molecule has 0 aromatic heterocycles. The van der Waals surface area contributed by atoms with Gasteiger partial charge in [-0.15, -0.1) is 0 Å². The molecule has 2 atom stereocenters. The molecule has 1 aliphatic rings. The number of allylic oxidation sites excluding steroid dienone is 3. The van der Waals surface area contributed by atoms with Crippen molar-refractivity contribution in [2.24, 2.45) is 11.7 Å². The normalized spacial score (nSPS) is 21.2. The molecule has 1 aromatic carbocycles. The lowest BCUT2D eigenvalue weighted by molar-refractivity contribution is -0.348. The van der Waals surface area contributed by atoms with E-state index in [0.29, 0.717) is 12.1 Å². The van der Waals surface area contributed by atoms with Crippen molar-refractivity contribution in [2.75, 3.05) is 12.0 Å². The van der Waals surface area contributed by atoms with Crippen LogP contribution in [0.1, 0.15) is 30.5 Å². The quantitative estimate of drug-likeness (QED) is 0.252. The molecule has 212 valence electrons. The first-order valence-corrected chi connectivity index (χ1v) is 13.8. The van der Waals surface area contributed by atoms with Crippen LogP contribution in [0.25, 0.3) is 0 Å². The summed E-state index contributed by atoms with van der Waals surface area (Å²) in [5.74, 6) is -3.88. The summed E-state index contributed by atoms with van der Waals surface area (Å²) in [6.45, 7) is 3.94. The molecule has 6 nitrogen and oxygen atoms in total. The van der Waals surface area contributed by atoms with Crippen molar-refractivity contribution in [2.45, 2.75) is 47.8 Å². The summed E-state index contributed by atoms with van der Waals surface area (Å²) in [7, 11) is -3.57. The maximum atomic E-state index is 14.6. The summed E-state index contributed by atoms with van der Waals surface area (Å²) in [4.78, 5) is 25.7. The highest BCUT2D eigenvalue weighted by molar-refractivity contribution is 14.1. The molecule has 2 rings (SSSR count). The maximum Gasteiger partial charge on any atom is 0.435 e. The number of nitrogens with two attached hydrogens (primary N) is 1. The number of aryl methyl sites for hydroxylation is 1. The zero-order valence-corrected chi connectivity index (χ0v) is 23.4. The van der Waals surface area contributed by atoms with E-state index in [4.69, 9.17) is 5.73 Å². The van der Waals surface area contributed by atoms with Gasteiger partial charge in [-0.3, -0.25) is 9.59 Å². The van der Waals surface area contributed by atoms with Crippen molar-refractivity contribution < 1.29 is 48.7 Å². The number of sulfone groups is 1. The fourth-order valence-corrected chi connectivity index (χ4v) is 7.22. The minimum absolute atomic E-state index is 0.00211. The first-order chi connectivity index (χ1) is 16.9. The van der Waals surface area contributed by atoms with Gasteiger partial charge in [-0.25, -0.2) is 12.8 Å². The van der Waals surface area contributed by atoms with Crippen LogP contribution < -0.4 is 11.1 Å². The van der Waals surface area contributed by atoms with E-state index in [1.807, 2.05) is 0 Å². The number of alkyl halides is 8. The third kappa shape index (κ3) is 6.18. The second kappa shape index (κ2) is 10.1. The smallest absolute Gasteiger partial charge is 0.366 e. The number of hydrogen-bond donors (Lipinski definition) is 2. The van der Waals surface area contributed by atoms with Gasteiger partial charge in [-0.1, -0.05) is 59.0 Å². The lowest BCUT2D eigenvalue weighted by Crippen LogP contribution is -2.54. The number of primary amides is 1. The molecule has 0 fully saturated rings. The molecular weight excluding hydrogens is 660 g/mol. The summed E-state index contributed by atoms with van der Waals surface area (Å²) < 4.78 is 116. The summed E-state index contributed by atoms with van der Waals surface area (Å²) in [5.41, 5.74) is -3.74. The minimum atomic E-state index is -6.32. The predicted molar refractivity (Wildman–Crippen MR) is 134 cm³/mol. The highest BCUT2D eigenvalue weighted by Crippen LogP contribution is 2.54. The lowest BCUT2D eigenvalue weighted by Gasteiger charge is -2.39. The molecule has 15 heteroatoms. The summed E-state index contributed by atoms with van der Waals surface area (Å²) >= 11 is 1.70. The molecule has 3 N–H and O–H groups in total. The topological polar surface area (TPSA) is 106 Å². The Kier molecular flexibility index (Phi) is 8.52. The van der Waals surface area contributed by atoms with Crippen molar-refractivity contribution in [1.29, 1.82) is 0 Å². The van der Waals surface area contributed by atoms with E-state index in [1.54, 1.807) is 22.6 Å². The van der Waals surface area contributed by atoms with Gasteiger partial charge in [0.05, 0.1) is 15.1 Å². The van der Waals surface area contributed by atoms with Gasteiger partial charge in [0.1, 0.15) is 9.84 Å². The van der Waals surface area contributed by atoms with Crippen LogP contribution in [0.3, 0.4) is 0 Å². The van der Waals surface area contributed by atoms with E-state index in [1.165, 1.54) is 32.1 Å². The number of hydrogen-bond acceptors (Lipinski definition) is 4. The Morgan fingerprint density at radius 2 is 1.61 bits per heavy atom. The van der Waals surface area contributed by atoms with Gasteiger partial charge in [0.25, 0.3) is 0 Å². The van der Waals surface area contributed by atoms with Crippen LogP contribution in [0.15, 0.2) is 42.0 Å². The molecular formula is C23H24F7IN2O4S. The molecule has 0 saturated heterocycles. The van der Waals surface area contributed by atoms with E-state index in [-0.39, 0.29) is 16.7 Å². The van der Waals surface area contributed by atoms with Gasteiger partial charge in [0.15, 0.2) is 0 Å². The zero-order valence-electron chi connectivity index (χ0n) is 20.4. The summed E-state index contributed by atoms with van der Waals surface area (Å²) in [5, 5.41) is 2.52. The molecule has 0 heterocycles. The van der Waals surface area contributed by atoms with E-state index in [9.17, 15) is 48.7 Å². The Balaban J connectivity index is 2.69. The average molecular weight is 684 g/mol. The monoisotopic (exact) mass is 684 g/mol. The van der Waals surface area contributed by atoms with E-state index >= 15 is 0 Å². The highest BCUT2D eigenvalue weighted by Gasteiger charge is 2.73. The number of rotatable bonds is 7. The Morgan fingerprint density at radius 1 is 1.08 bits per heavy atom. The van der Waals surface area contributed by atoms with Crippen molar-refractivity contribution in [3.63, 3.8) is 0 Å². The van der Waals surface area contributed by atoms with E-state index in [0.717, 1.165) is 19.2 Å². The van der Waals surface area contributed by atoms with Gasteiger partial charge in [0, 0.05) is 22.9 Å². The first-order valence-electron chi connectivity index (χ1n) is 10.7. The van der Waals surface area contributed by atoms with Crippen LogP contribution in [0.2, 0.25) is 0 Å². The molecule has 38 heavy (non-hydrogen) atoms. The zero-order chi connectivity index (χ0) is 29.7. The second-order valence-electron chi connectivity index (χ2n) is 9.67. The maximum absolute atomic E-state index is 14.6. The van der Waals surface area contributed by atoms with Crippen molar-refractivity contribution in [3.8, 4) is 0 Å². The van der Waals surface area contributed by atoms with Gasteiger partial charge in [0.2, 0.25) is 11.8 Å². The van der Waals surface area contributed by atoms with Crippen LogP contribution >= 0.6 is 22.6 Å². The SMILES string of the molecule is Cc1cc(C(F)(C(F)(F)F)C(F)(F)F)ccc1C1(I)C=CC=C(C(N)=O)C1C(=O)NC(C)(C)CS(C)(=O)=O. The van der Waals surface area contributed by atoms with E-state index in [2.05, 4.69) is 5.32 Å². The highest BCUT2D eigenvalue weighted by atomic mass is 127. The molecule has 0 aliphatic heterocycles. The fourth-order valence-electron chi connectivity index (χ4n) is 4.41. The number of carbonyl (C=O) groups is 2. The van der Waals surface area contributed by atoms with Crippen LogP contribution in [-0.4, -0.2) is 50.1 Å². The lowest BCUT2D eigenvalue weighted by atomic mass is 9.75. The minimum Gasteiger partial charge on any atom is -0.366 e. The van der Waals surface area contributed by atoms with Gasteiger partial charge >= 0.3 is 18.0 Å². The van der Waals surface area contributed by atoms with Crippen molar-refractivity contribution >= 4 is 44.2 Å². The van der Waals surface area contributed by atoms with E-state index < -0.39 is 65.9 Å². The summed E-state index contributed by atoms with van der Waals surface area (Å²) in [6, 6.07) is 1.52. The standard InChI is InChI=1S/C23H24F7IN2O4S/c1-12-10-13(21(24,22(25,26)27)23(28,29)30)7-8-15(12)20(31)9-5-6-14(17(32)34)16(20)18(35)33-19(2,3)11-38(4,36)37/h5-10,16H,11H2,1-4H3,(H2,32,34)(H,33,35). The molecule has 1 aromatic rings. The van der Waals surface area contributed by atoms with Crippen LogP contribution in [0.4, 0.5) is 30.7 Å². The third-order valence-corrected chi connectivity index (χ3v) is 8.60. The summed E-state index contributed by atoms with van der Waals surface area (Å²) in [6.07, 6.45) is -7.76. The molecule has 0 saturated carbocycles. The van der Waals surface area contributed by atoms with Crippen molar-refractivity contribution in [3.05, 3.63) is 58.7 Å². The Morgan fingerprint density at radius 3 is 2.03 bits per heavy atom. The number of amides is 2. The molecule has 0 bridgehead atoms. The number of nitrogens with one attached hydrogen (secondary N) is 1. The first kappa shape index (κ1) is 32.0. The Bertz CT molecular complexity index is 1290. The van der Waals surface area contributed by atoms with Gasteiger partial charge in [-0.2, -0.15) is 26.3 Å². The fraction of sp³-hybridized carbons (Fsp3) is 0.478. The Hall–Kier alpha value is -2.17. The van der Waals surface area contributed by atoms with Crippen LogP contribution in [0, 0.1) is 12.8 Å². The molecule has 1 aliphatic carbocycles.